The predicted molar refractivity (Wildman–Crippen MR) is 90.0 cm³/mol. The van der Waals surface area contributed by atoms with E-state index in [4.69, 9.17) is 15.5 Å². The molecule has 22 heavy (non-hydrogen) atoms. The van der Waals surface area contributed by atoms with Crippen molar-refractivity contribution in [3.05, 3.63) is 54.6 Å². The Morgan fingerprint density at radius 3 is 2.77 bits per heavy atom. The quantitative estimate of drug-likeness (QED) is 0.549. The average Bonchev–Trinajstić information content (AvgIpc) is 2.96. The third-order valence-electron chi connectivity index (χ3n) is 3.85. The van der Waals surface area contributed by atoms with Gasteiger partial charge in [-0.25, -0.2) is 4.98 Å². The number of aromatic amines is 1. The maximum atomic E-state index is 5.85. The fraction of sp³-hybridized carbons (Fsp3) is 0.0556. The lowest BCUT2D eigenvalue weighted by Crippen LogP contribution is -1.91. The van der Waals surface area contributed by atoms with Crippen LogP contribution in [0.2, 0.25) is 0 Å². The van der Waals surface area contributed by atoms with Gasteiger partial charge >= 0.3 is 0 Å². The summed E-state index contributed by atoms with van der Waals surface area (Å²) in [5.74, 6) is 1.58. The van der Waals surface area contributed by atoms with Crippen LogP contribution in [0, 0.1) is 0 Å². The van der Waals surface area contributed by atoms with Gasteiger partial charge in [0.2, 0.25) is 0 Å². The highest BCUT2D eigenvalue weighted by Crippen LogP contribution is 2.36. The molecule has 0 aliphatic heterocycles. The van der Waals surface area contributed by atoms with Crippen molar-refractivity contribution < 1.29 is 4.74 Å². The van der Waals surface area contributed by atoms with E-state index in [1.807, 2.05) is 36.4 Å². The normalized spacial score (nSPS) is 11.1. The molecule has 3 N–H and O–H groups in total. The van der Waals surface area contributed by atoms with Crippen molar-refractivity contribution in [2.75, 3.05) is 12.8 Å². The number of H-pyrrole nitrogens is 1. The van der Waals surface area contributed by atoms with Crippen LogP contribution in [0.3, 0.4) is 0 Å². The van der Waals surface area contributed by atoms with Gasteiger partial charge in [0.1, 0.15) is 11.6 Å². The minimum Gasteiger partial charge on any atom is -0.496 e. The minimum atomic E-state index is 0.715. The summed E-state index contributed by atoms with van der Waals surface area (Å²) in [7, 11) is 1.67. The first-order valence-electron chi connectivity index (χ1n) is 7.07. The van der Waals surface area contributed by atoms with Crippen LogP contribution in [-0.4, -0.2) is 17.1 Å². The van der Waals surface area contributed by atoms with Gasteiger partial charge in [-0.05, 0) is 35.0 Å². The lowest BCUT2D eigenvalue weighted by atomic mass is 10.0. The Morgan fingerprint density at radius 2 is 1.91 bits per heavy atom. The Kier molecular flexibility index (Phi) is 2.76. The van der Waals surface area contributed by atoms with Crippen molar-refractivity contribution in [3.63, 3.8) is 0 Å². The number of nitrogens with two attached hydrogens (primary N) is 1. The first-order chi connectivity index (χ1) is 10.8. The number of hydrogen-bond donors (Lipinski definition) is 2. The molecule has 0 aliphatic carbocycles. The molecule has 4 nitrogen and oxygen atoms in total. The number of benzene rings is 3. The summed E-state index contributed by atoms with van der Waals surface area (Å²) in [6.45, 7) is 0. The van der Waals surface area contributed by atoms with E-state index in [1.165, 1.54) is 0 Å². The molecule has 3 aromatic carbocycles. The number of methoxy groups -OCH3 is 1. The van der Waals surface area contributed by atoms with Gasteiger partial charge in [0.15, 0.2) is 0 Å². The van der Waals surface area contributed by atoms with Gasteiger partial charge < -0.3 is 15.5 Å². The van der Waals surface area contributed by atoms with Crippen LogP contribution in [0.1, 0.15) is 0 Å². The third-order valence-corrected chi connectivity index (χ3v) is 3.85. The molecule has 0 spiro atoms. The average molecular weight is 289 g/mol. The molecule has 0 saturated carbocycles. The first kappa shape index (κ1) is 12.7. The number of imidazole rings is 1. The maximum Gasteiger partial charge on any atom is 0.142 e. The second-order valence-electron chi connectivity index (χ2n) is 5.23. The van der Waals surface area contributed by atoms with Crippen LogP contribution < -0.4 is 10.5 Å². The Hall–Kier alpha value is -3.01. The third kappa shape index (κ3) is 1.89. The van der Waals surface area contributed by atoms with Crippen molar-refractivity contribution in [1.82, 2.24) is 9.97 Å². The number of hydrogen-bond acceptors (Lipinski definition) is 3. The van der Waals surface area contributed by atoms with E-state index in [-0.39, 0.29) is 0 Å². The fourth-order valence-corrected chi connectivity index (χ4v) is 2.81. The molecule has 1 aromatic heterocycles. The summed E-state index contributed by atoms with van der Waals surface area (Å²) in [5, 5.41) is 2.26. The van der Waals surface area contributed by atoms with E-state index >= 15 is 0 Å². The molecule has 0 atom stereocenters. The van der Waals surface area contributed by atoms with Gasteiger partial charge in [0, 0.05) is 5.69 Å². The molecule has 0 saturated heterocycles. The lowest BCUT2D eigenvalue weighted by Gasteiger charge is -2.09. The van der Waals surface area contributed by atoms with Crippen LogP contribution in [0.15, 0.2) is 54.6 Å². The molecule has 4 rings (SSSR count). The fourth-order valence-electron chi connectivity index (χ4n) is 2.81. The zero-order valence-electron chi connectivity index (χ0n) is 12.1. The van der Waals surface area contributed by atoms with Crippen LogP contribution in [0.25, 0.3) is 33.2 Å². The van der Waals surface area contributed by atoms with Crippen LogP contribution in [0.4, 0.5) is 5.69 Å². The summed E-state index contributed by atoms with van der Waals surface area (Å²) in [6.07, 6.45) is 0. The van der Waals surface area contributed by atoms with Gasteiger partial charge in [0.25, 0.3) is 0 Å². The zero-order valence-corrected chi connectivity index (χ0v) is 12.1. The number of nitrogen functional groups attached to an aromatic ring is 1. The lowest BCUT2D eigenvalue weighted by molar-refractivity contribution is 0.417. The van der Waals surface area contributed by atoms with E-state index in [2.05, 4.69) is 23.2 Å². The number of fused-ring (bicyclic) bond motifs is 2. The number of nitrogens with one attached hydrogen (secondary N) is 1. The summed E-state index contributed by atoms with van der Waals surface area (Å²) in [5.41, 5.74) is 9.34. The highest BCUT2D eigenvalue weighted by atomic mass is 16.5. The molecule has 0 radical (unpaired) electrons. The van der Waals surface area contributed by atoms with Crippen molar-refractivity contribution in [2.24, 2.45) is 0 Å². The van der Waals surface area contributed by atoms with E-state index in [0.29, 0.717) is 5.69 Å². The Bertz CT molecular complexity index is 988. The molecular weight excluding hydrogens is 274 g/mol. The Morgan fingerprint density at radius 1 is 1.05 bits per heavy atom. The highest BCUT2D eigenvalue weighted by molar-refractivity contribution is 5.99. The monoisotopic (exact) mass is 289 g/mol. The minimum absolute atomic E-state index is 0.715. The number of rotatable bonds is 2. The molecule has 4 heteroatoms. The topological polar surface area (TPSA) is 63.9 Å². The second kappa shape index (κ2) is 4.77. The van der Waals surface area contributed by atoms with Gasteiger partial charge in [-0.15, -0.1) is 0 Å². The molecular formula is C18H15N3O. The molecule has 1 heterocycles. The standard InChI is InChI=1S/C18H15N3O/c1-22-16-9-6-11-4-2-3-5-13(11)17(16)18-20-14-8-7-12(19)10-15(14)21-18/h2-10H,19H2,1H3,(H,20,21). The van der Waals surface area contributed by atoms with Crippen molar-refractivity contribution in [1.29, 1.82) is 0 Å². The zero-order chi connectivity index (χ0) is 15.1. The highest BCUT2D eigenvalue weighted by Gasteiger charge is 2.14. The van der Waals surface area contributed by atoms with Gasteiger partial charge in [0.05, 0.1) is 23.7 Å². The largest absolute Gasteiger partial charge is 0.496 e. The summed E-state index contributed by atoms with van der Waals surface area (Å²) in [4.78, 5) is 8.04. The van der Waals surface area contributed by atoms with Crippen LogP contribution in [0.5, 0.6) is 5.75 Å². The second-order valence-corrected chi connectivity index (χ2v) is 5.23. The smallest absolute Gasteiger partial charge is 0.142 e. The van der Waals surface area contributed by atoms with Crippen molar-refractivity contribution >= 4 is 27.5 Å². The molecule has 0 fully saturated rings. The summed E-state index contributed by atoms with van der Waals surface area (Å²) in [6, 6.07) is 17.9. The number of ether oxygens (including phenoxy) is 1. The predicted octanol–water partition coefficient (Wildman–Crippen LogP) is 3.97. The molecule has 0 aliphatic rings. The van der Waals surface area contributed by atoms with Crippen LogP contribution in [-0.2, 0) is 0 Å². The van der Waals surface area contributed by atoms with E-state index in [1.54, 1.807) is 7.11 Å². The van der Waals surface area contributed by atoms with Crippen molar-refractivity contribution in [2.45, 2.75) is 0 Å². The van der Waals surface area contributed by atoms with E-state index in [0.717, 1.165) is 38.9 Å². The van der Waals surface area contributed by atoms with Crippen molar-refractivity contribution in [3.8, 4) is 17.1 Å². The molecule has 0 unspecified atom stereocenters. The summed E-state index contributed by atoms with van der Waals surface area (Å²) < 4.78 is 5.54. The first-order valence-corrected chi connectivity index (χ1v) is 7.07. The van der Waals surface area contributed by atoms with E-state index in [9.17, 15) is 0 Å². The van der Waals surface area contributed by atoms with Gasteiger partial charge in [-0.2, -0.15) is 0 Å². The van der Waals surface area contributed by atoms with Gasteiger partial charge in [-0.3, -0.25) is 0 Å². The molecule has 0 bridgehead atoms. The summed E-state index contributed by atoms with van der Waals surface area (Å²) >= 11 is 0. The number of nitrogens with zero attached hydrogens (tertiary/aromatic N) is 1. The Balaban J connectivity index is 2.05. The van der Waals surface area contributed by atoms with Gasteiger partial charge in [-0.1, -0.05) is 30.3 Å². The maximum absolute atomic E-state index is 5.85. The van der Waals surface area contributed by atoms with Crippen LogP contribution >= 0.6 is 0 Å². The number of aromatic nitrogens is 2. The van der Waals surface area contributed by atoms with E-state index < -0.39 is 0 Å². The molecule has 108 valence electrons. The SMILES string of the molecule is COc1ccc2ccccc2c1-c1nc2ccc(N)cc2[nH]1. The number of anilines is 1. The molecule has 4 aromatic rings. The Labute approximate surface area is 127 Å². The molecule has 0 amide bonds.